The molecule has 0 radical (unpaired) electrons. The van der Waals surface area contributed by atoms with Gasteiger partial charge in [-0.15, -0.1) is 0 Å². The van der Waals surface area contributed by atoms with E-state index in [9.17, 15) is 4.79 Å². The summed E-state index contributed by atoms with van der Waals surface area (Å²) in [5.74, 6) is 1.44. The molecule has 39 heavy (non-hydrogen) atoms. The van der Waals surface area contributed by atoms with Gasteiger partial charge in [0, 0.05) is 23.7 Å². The van der Waals surface area contributed by atoms with Crippen LogP contribution in [-0.4, -0.2) is 50.9 Å². The molecule has 6 nitrogen and oxygen atoms in total. The SMILES string of the molecule is CCOc1ccc(C=CC(=O)c2c(-c3ccc(Cl)cc3)nc3n(CCN(CC)CC)c4ccccc4n23)cc1. The lowest BCUT2D eigenvalue weighted by atomic mass is 10.1. The maximum atomic E-state index is 13.9. The van der Waals surface area contributed by atoms with E-state index in [2.05, 4.69) is 35.4 Å². The van der Waals surface area contributed by atoms with Crippen molar-refractivity contribution in [3.8, 4) is 17.0 Å². The number of rotatable bonds is 11. The summed E-state index contributed by atoms with van der Waals surface area (Å²) in [7, 11) is 0. The largest absolute Gasteiger partial charge is 0.494 e. The number of hydrogen-bond acceptors (Lipinski definition) is 4. The minimum absolute atomic E-state index is 0.118. The summed E-state index contributed by atoms with van der Waals surface area (Å²) in [6, 6.07) is 23.4. The lowest BCUT2D eigenvalue weighted by molar-refractivity contribution is 0.104. The minimum Gasteiger partial charge on any atom is -0.494 e. The van der Waals surface area contributed by atoms with Crippen LogP contribution in [0.5, 0.6) is 5.75 Å². The summed E-state index contributed by atoms with van der Waals surface area (Å²) < 4.78 is 9.77. The number of allylic oxidation sites excluding steroid dienone is 1. The number of hydrogen-bond donors (Lipinski definition) is 0. The second kappa shape index (κ2) is 11.9. The average Bonchev–Trinajstić information content (AvgIpc) is 3.49. The molecule has 200 valence electrons. The van der Waals surface area contributed by atoms with Gasteiger partial charge in [0.1, 0.15) is 17.1 Å². The van der Waals surface area contributed by atoms with Gasteiger partial charge in [-0.1, -0.05) is 67.9 Å². The van der Waals surface area contributed by atoms with Crippen LogP contribution in [0.1, 0.15) is 36.8 Å². The minimum atomic E-state index is -0.118. The third-order valence-corrected chi connectivity index (χ3v) is 7.27. The molecular weight excluding hydrogens is 508 g/mol. The number of carbonyl (C=O) groups is 1. The van der Waals surface area contributed by atoms with Gasteiger partial charge in [-0.2, -0.15) is 0 Å². The zero-order chi connectivity index (χ0) is 27.4. The van der Waals surface area contributed by atoms with E-state index in [1.54, 1.807) is 6.08 Å². The zero-order valence-corrected chi connectivity index (χ0v) is 23.4. The van der Waals surface area contributed by atoms with Crippen molar-refractivity contribution >= 4 is 40.3 Å². The van der Waals surface area contributed by atoms with Crippen molar-refractivity contribution in [2.24, 2.45) is 0 Å². The van der Waals surface area contributed by atoms with E-state index in [1.807, 2.05) is 78.1 Å². The van der Waals surface area contributed by atoms with Gasteiger partial charge in [-0.3, -0.25) is 9.20 Å². The number of para-hydroxylation sites is 2. The standard InChI is InChI=1S/C32H33ClN4O2/c1-4-35(5-2)21-22-36-27-9-7-8-10-28(27)37-31(30(34-32(36)37)24-14-16-25(33)17-15-24)29(38)20-13-23-11-18-26(19-12-23)39-6-3/h7-20H,4-6,21-22H2,1-3H3. The first-order valence-corrected chi connectivity index (χ1v) is 13.8. The molecule has 3 aromatic carbocycles. The molecule has 0 atom stereocenters. The number of nitrogens with zero attached hydrogens (tertiary/aromatic N) is 4. The molecule has 7 heteroatoms. The summed E-state index contributed by atoms with van der Waals surface area (Å²) in [6.45, 7) is 10.5. The summed E-state index contributed by atoms with van der Waals surface area (Å²) in [5, 5.41) is 0.639. The van der Waals surface area contributed by atoms with Gasteiger partial charge < -0.3 is 14.2 Å². The zero-order valence-electron chi connectivity index (χ0n) is 22.6. The molecule has 0 bridgehead atoms. The first-order chi connectivity index (χ1) is 19.0. The highest BCUT2D eigenvalue weighted by Gasteiger charge is 2.24. The second-order valence-corrected chi connectivity index (χ2v) is 9.75. The molecule has 0 aliphatic carbocycles. The number of imidazole rings is 2. The van der Waals surface area contributed by atoms with Crippen molar-refractivity contribution in [1.29, 1.82) is 0 Å². The molecule has 5 rings (SSSR count). The molecule has 0 aliphatic rings. The van der Waals surface area contributed by atoms with Gasteiger partial charge in [0.2, 0.25) is 11.6 Å². The van der Waals surface area contributed by atoms with E-state index < -0.39 is 0 Å². The van der Waals surface area contributed by atoms with E-state index >= 15 is 0 Å². The fraction of sp³-hybridized carbons (Fsp3) is 0.250. The summed E-state index contributed by atoms with van der Waals surface area (Å²) in [5.41, 5.74) is 4.96. The molecule has 0 saturated carbocycles. The highest BCUT2D eigenvalue weighted by Crippen LogP contribution is 2.31. The van der Waals surface area contributed by atoms with Crippen molar-refractivity contribution in [3.63, 3.8) is 0 Å². The average molecular weight is 541 g/mol. The Morgan fingerprint density at radius 3 is 2.31 bits per heavy atom. The number of likely N-dealkylation sites (N-methyl/N-ethyl adjacent to an activating group) is 1. The summed E-state index contributed by atoms with van der Waals surface area (Å²) in [6.07, 6.45) is 3.46. The molecule has 0 spiro atoms. The normalized spacial score (nSPS) is 11.8. The molecule has 2 aromatic heterocycles. The second-order valence-electron chi connectivity index (χ2n) is 9.32. The maximum Gasteiger partial charge on any atom is 0.216 e. The monoisotopic (exact) mass is 540 g/mol. The van der Waals surface area contributed by atoms with Crippen molar-refractivity contribution in [3.05, 3.63) is 95.2 Å². The van der Waals surface area contributed by atoms with Gasteiger partial charge in [-0.05, 0) is 68.1 Å². The lowest BCUT2D eigenvalue weighted by Gasteiger charge is -2.18. The Balaban J connectivity index is 1.64. The number of ether oxygens (including phenoxy) is 1. The van der Waals surface area contributed by atoms with Crippen molar-refractivity contribution in [2.75, 3.05) is 26.2 Å². The molecule has 0 aliphatic heterocycles. The predicted octanol–water partition coefficient (Wildman–Crippen LogP) is 7.25. The smallest absolute Gasteiger partial charge is 0.216 e. The first-order valence-electron chi connectivity index (χ1n) is 13.5. The van der Waals surface area contributed by atoms with Gasteiger partial charge in [0.25, 0.3) is 0 Å². The molecule has 0 N–H and O–H groups in total. The molecule has 0 fully saturated rings. The Morgan fingerprint density at radius 2 is 1.64 bits per heavy atom. The molecule has 5 aromatic rings. The van der Waals surface area contributed by atoms with Gasteiger partial charge in [0.05, 0.1) is 17.6 Å². The Morgan fingerprint density at radius 1 is 0.949 bits per heavy atom. The van der Waals surface area contributed by atoms with Crippen LogP contribution in [0.2, 0.25) is 5.02 Å². The quantitative estimate of drug-likeness (QED) is 0.131. The molecule has 0 saturated heterocycles. The summed E-state index contributed by atoms with van der Waals surface area (Å²) >= 11 is 6.19. The first kappa shape index (κ1) is 26.7. The number of aromatic nitrogens is 3. The third kappa shape index (κ3) is 5.49. The van der Waals surface area contributed by atoms with E-state index in [0.717, 1.165) is 59.9 Å². The highest BCUT2D eigenvalue weighted by molar-refractivity contribution is 6.30. The molecule has 2 heterocycles. The van der Waals surface area contributed by atoms with Crippen LogP contribution in [0, 0.1) is 0 Å². The Labute approximate surface area is 234 Å². The van der Waals surface area contributed by atoms with Crippen LogP contribution in [0.25, 0.3) is 34.1 Å². The van der Waals surface area contributed by atoms with Gasteiger partial charge in [-0.25, -0.2) is 4.98 Å². The van der Waals surface area contributed by atoms with E-state index in [4.69, 9.17) is 21.3 Å². The van der Waals surface area contributed by atoms with Crippen molar-refractivity contribution in [2.45, 2.75) is 27.3 Å². The van der Waals surface area contributed by atoms with Crippen LogP contribution in [0.3, 0.4) is 0 Å². The topological polar surface area (TPSA) is 51.8 Å². The predicted molar refractivity (Wildman–Crippen MR) is 160 cm³/mol. The highest BCUT2D eigenvalue weighted by atomic mass is 35.5. The number of benzene rings is 3. The van der Waals surface area contributed by atoms with Crippen LogP contribution >= 0.6 is 11.6 Å². The number of fused-ring (bicyclic) bond motifs is 3. The van der Waals surface area contributed by atoms with Crippen LogP contribution in [-0.2, 0) is 6.54 Å². The fourth-order valence-corrected chi connectivity index (χ4v) is 5.06. The molecule has 0 unspecified atom stereocenters. The fourth-order valence-electron chi connectivity index (χ4n) is 4.94. The van der Waals surface area contributed by atoms with Crippen LogP contribution in [0.15, 0.2) is 78.9 Å². The van der Waals surface area contributed by atoms with Crippen LogP contribution in [0.4, 0.5) is 0 Å². The third-order valence-electron chi connectivity index (χ3n) is 7.02. The maximum absolute atomic E-state index is 13.9. The Kier molecular flexibility index (Phi) is 8.15. The van der Waals surface area contributed by atoms with E-state index in [1.165, 1.54) is 0 Å². The van der Waals surface area contributed by atoms with Crippen molar-refractivity contribution in [1.82, 2.24) is 18.9 Å². The van der Waals surface area contributed by atoms with Crippen LogP contribution < -0.4 is 4.74 Å². The molecular formula is C32H33ClN4O2. The Bertz CT molecular complexity index is 1610. The lowest BCUT2D eigenvalue weighted by Crippen LogP contribution is -2.27. The van der Waals surface area contributed by atoms with Crippen molar-refractivity contribution < 1.29 is 9.53 Å². The summed E-state index contributed by atoms with van der Waals surface area (Å²) in [4.78, 5) is 21.4. The van der Waals surface area contributed by atoms with Gasteiger partial charge >= 0.3 is 0 Å². The van der Waals surface area contributed by atoms with E-state index in [0.29, 0.717) is 23.0 Å². The van der Waals surface area contributed by atoms with E-state index in [-0.39, 0.29) is 5.78 Å². The molecule has 0 amide bonds. The number of ketones is 1. The Hall–Kier alpha value is -3.87. The van der Waals surface area contributed by atoms with Gasteiger partial charge in [0.15, 0.2) is 0 Å². The number of halogens is 1. The number of carbonyl (C=O) groups excluding carboxylic acids is 1.